The second kappa shape index (κ2) is 8.19. The second-order valence-electron chi connectivity index (χ2n) is 4.92. The molecule has 0 aromatic heterocycles. The zero-order chi connectivity index (χ0) is 18.4. The normalized spacial score (nSPS) is 11.7. The van der Waals surface area contributed by atoms with E-state index in [2.05, 4.69) is 15.9 Å². The lowest BCUT2D eigenvalue weighted by atomic mass is 10.2. The van der Waals surface area contributed by atoms with Gasteiger partial charge in [-0.05, 0) is 55.0 Å². The van der Waals surface area contributed by atoms with Crippen molar-refractivity contribution in [3.05, 3.63) is 57.4 Å². The third kappa shape index (κ3) is 4.41. The van der Waals surface area contributed by atoms with Crippen molar-refractivity contribution in [2.75, 3.05) is 13.7 Å². The summed E-state index contributed by atoms with van der Waals surface area (Å²) < 4.78 is 36.7. The smallest absolute Gasteiger partial charge is 0.216 e. The molecule has 0 spiro atoms. The van der Waals surface area contributed by atoms with Crippen molar-refractivity contribution in [1.29, 1.82) is 5.26 Å². The number of hydrogen-bond acceptors (Lipinski definition) is 5. The van der Waals surface area contributed by atoms with E-state index >= 15 is 0 Å². The van der Waals surface area contributed by atoms with E-state index in [0.29, 0.717) is 23.7 Å². The fraction of sp³-hybridized carbons (Fsp3) is 0.167. The molecule has 0 aliphatic rings. The Kier molecular flexibility index (Phi) is 6.23. The molecule has 2 aromatic carbocycles. The Morgan fingerprint density at radius 1 is 1.20 bits per heavy atom. The lowest BCUT2D eigenvalue weighted by Crippen LogP contribution is -2.03. The number of ether oxygens (including phenoxy) is 2. The highest BCUT2D eigenvalue weighted by atomic mass is 79.9. The van der Waals surface area contributed by atoms with Crippen LogP contribution >= 0.6 is 15.9 Å². The van der Waals surface area contributed by atoms with E-state index < -0.39 is 9.84 Å². The minimum Gasteiger partial charge on any atom is -0.493 e. The summed E-state index contributed by atoms with van der Waals surface area (Å²) in [5.41, 5.74) is 0.525. The number of hydrogen-bond donors (Lipinski definition) is 0. The van der Waals surface area contributed by atoms with Crippen LogP contribution < -0.4 is 9.47 Å². The molecule has 0 unspecified atom stereocenters. The molecule has 0 bridgehead atoms. The van der Waals surface area contributed by atoms with Crippen molar-refractivity contribution >= 4 is 31.8 Å². The topological polar surface area (TPSA) is 76.4 Å². The summed E-state index contributed by atoms with van der Waals surface area (Å²) in [4.78, 5) is -0.289. The standard InChI is InChI=1S/C18H16BrNO4S/c1-3-24-17-9-4-13(11-18(17)23-2)10-16(12-20)25(21,22)15-7-5-14(19)6-8-15/h4-11H,3H2,1-2H3. The average Bonchev–Trinajstić information content (AvgIpc) is 2.61. The van der Waals surface area contributed by atoms with Gasteiger partial charge in [-0.25, -0.2) is 8.42 Å². The molecule has 0 fully saturated rings. The van der Waals surface area contributed by atoms with E-state index in [1.165, 1.54) is 25.3 Å². The van der Waals surface area contributed by atoms with Crippen LogP contribution in [0.3, 0.4) is 0 Å². The molecule has 0 radical (unpaired) electrons. The Hall–Kier alpha value is -2.30. The molecule has 2 aromatic rings. The molecule has 0 N–H and O–H groups in total. The monoisotopic (exact) mass is 421 g/mol. The van der Waals surface area contributed by atoms with Gasteiger partial charge < -0.3 is 9.47 Å². The van der Waals surface area contributed by atoms with Gasteiger partial charge in [0, 0.05) is 4.47 Å². The van der Waals surface area contributed by atoms with Crippen LogP contribution in [-0.2, 0) is 9.84 Å². The Bertz CT molecular complexity index is 929. The van der Waals surface area contributed by atoms with Crippen LogP contribution in [0.4, 0.5) is 0 Å². The van der Waals surface area contributed by atoms with E-state index in [-0.39, 0.29) is 9.80 Å². The summed E-state index contributed by atoms with van der Waals surface area (Å²) in [5, 5.41) is 9.34. The summed E-state index contributed by atoms with van der Waals surface area (Å²) in [6.45, 7) is 2.33. The van der Waals surface area contributed by atoms with E-state index in [9.17, 15) is 13.7 Å². The molecule has 0 aliphatic heterocycles. The Morgan fingerprint density at radius 3 is 2.44 bits per heavy atom. The van der Waals surface area contributed by atoms with Crippen LogP contribution in [0.25, 0.3) is 6.08 Å². The van der Waals surface area contributed by atoms with Crippen LogP contribution in [-0.4, -0.2) is 22.1 Å². The molecule has 5 nitrogen and oxygen atoms in total. The van der Waals surface area contributed by atoms with Crippen molar-refractivity contribution in [3.63, 3.8) is 0 Å². The van der Waals surface area contributed by atoms with E-state index in [0.717, 1.165) is 4.47 Å². The first-order valence-corrected chi connectivity index (χ1v) is 9.63. The van der Waals surface area contributed by atoms with Gasteiger partial charge in [-0.3, -0.25) is 0 Å². The SMILES string of the molecule is CCOc1ccc(C=C(C#N)S(=O)(=O)c2ccc(Br)cc2)cc1OC. The van der Waals surface area contributed by atoms with Crippen molar-refractivity contribution in [2.45, 2.75) is 11.8 Å². The predicted molar refractivity (Wildman–Crippen MR) is 99.1 cm³/mol. The van der Waals surface area contributed by atoms with Crippen LogP contribution in [0.15, 0.2) is 56.7 Å². The van der Waals surface area contributed by atoms with Crippen LogP contribution in [0.1, 0.15) is 12.5 Å². The Morgan fingerprint density at radius 2 is 1.88 bits per heavy atom. The summed E-state index contributed by atoms with van der Waals surface area (Å²) in [6, 6.07) is 12.9. The molecule has 0 aliphatic carbocycles. The van der Waals surface area contributed by atoms with Gasteiger partial charge in [0.05, 0.1) is 18.6 Å². The fourth-order valence-electron chi connectivity index (χ4n) is 2.11. The molecular formula is C18H16BrNO4S. The highest BCUT2D eigenvalue weighted by molar-refractivity contribution is 9.10. The van der Waals surface area contributed by atoms with Crippen molar-refractivity contribution in [3.8, 4) is 17.6 Å². The first-order valence-electron chi connectivity index (χ1n) is 7.35. The lowest BCUT2D eigenvalue weighted by molar-refractivity contribution is 0.311. The zero-order valence-corrected chi connectivity index (χ0v) is 16.1. The second-order valence-corrected chi connectivity index (χ2v) is 7.75. The van der Waals surface area contributed by atoms with Crippen molar-refractivity contribution in [1.82, 2.24) is 0 Å². The van der Waals surface area contributed by atoms with Gasteiger partial charge in [-0.15, -0.1) is 0 Å². The largest absolute Gasteiger partial charge is 0.493 e. The van der Waals surface area contributed by atoms with Gasteiger partial charge >= 0.3 is 0 Å². The minimum atomic E-state index is -3.90. The van der Waals surface area contributed by atoms with Gasteiger partial charge in [0.25, 0.3) is 0 Å². The molecule has 0 heterocycles. The number of nitrogens with zero attached hydrogens (tertiary/aromatic N) is 1. The molecular weight excluding hydrogens is 406 g/mol. The number of methoxy groups -OCH3 is 1. The number of benzene rings is 2. The maximum Gasteiger partial charge on any atom is 0.216 e. The van der Waals surface area contributed by atoms with Gasteiger partial charge in [0.2, 0.25) is 9.84 Å². The molecule has 0 saturated heterocycles. The lowest BCUT2D eigenvalue weighted by Gasteiger charge is -2.10. The quantitative estimate of drug-likeness (QED) is 0.653. The molecule has 25 heavy (non-hydrogen) atoms. The Labute approximate surface area is 155 Å². The third-order valence-corrected chi connectivity index (χ3v) is 5.52. The number of rotatable bonds is 6. The number of allylic oxidation sites excluding steroid dienone is 1. The van der Waals surface area contributed by atoms with E-state index in [4.69, 9.17) is 9.47 Å². The maximum absolute atomic E-state index is 12.6. The van der Waals surface area contributed by atoms with Gasteiger partial charge in [-0.2, -0.15) is 5.26 Å². The summed E-state index contributed by atoms with van der Waals surface area (Å²) in [5.74, 6) is 1.02. The fourth-order valence-corrected chi connectivity index (χ4v) is 3.53. The number of sulfone groups is 1. The molecule has 7 heteroatoms. The third-order valence-electron chi connectivity index (χ3n) is 3.31. The van der Waals surface area contributed by atoms with Crippen LogP contribution in [0, 0.1) is 11.3 Å². The highest BCUT2D eigenvalue weighted by Crippen LogP contribution is 2.30. The van der Waals surface area contributed by atoms with Crippen molar-refractivity contribution < 1.29 is 17.9 Å². The number of halogens is 1. The molecule has 2 rings (SSSR count). The van der Waals surface area contributed by atoms with Crippen LogP contribution in [0.2, 0.25) is 0 Å². The molecule has 0 saturated carbocycles. The van der Waals surface area contributed by atoms with Gasteiger partial charge in [0.1, 0.15) is 11.0 Å². The van der Waals surface area contributed by atoms with E-state index in [1.807, 2.05) is 6.92 Å². The summed E-state index contributed by atoms with van der Waals surface area (Å²) in [6.07, 6.45) is 1.32. The minimum absolute atomic E-state index is 0.0569. The predicted octanol–water partition coefficient (Wildman–Crippen LogP) is 4.19. The molecule has 0 amide bonds. The zero-order valence-electron chi connectivity index (χ0n) is 13.7. The van der Waals surface area contributed by atoms with E-state index in [1.54, 1.807) is 36.4 Å². The summed E-state index contributed by atoms with van der Waals surface area (Å²) >= 11 is 3.26. The highest BCUT2D eigenvalue weighted by Gasteiger charge is 2.21. The van der Waals surface area contributed by atoms with Gasteiger partial charge in [0.15, 0.2) is 11.5 Å². The van der Waals surface area contributed by atoms with Gasteiger partial charge in [-0.1, -0.05) is 22.0 Å². The maximum atomic E-state index is 12.6. The average molecular weight is 422 g/mol. The van der Waals surface area contributed by atoms with Crippen molar-refractivity contribution in [2.24, 2.45) is 0 Å². The van der Waals surface area contributed by atoms with Crippen LogP contribution in [0.5, 0.6) is 11.5 Å². The summed E-state index contributed by atoms with van der Waals surface area (Å²) in [7, 11) is -2.40. The number of nitriles is 1. The molecule has 130 valence electrons. The Balaban J connectivity index is 2.46. The first-order chi connectivity index (χ1) is 11.9. The molecule has 0 atom stereocenters. The first kappa shape index (κ1) is 19.0.